The van der Waals surface area contributed by atoms with E-state index in [9.17, 15) is 4.79 Å². The Morgan fingerprint density at radius 1 is 1.25 bits per heavy atom. The number of carbonyl (C=O) groups is 1. The van der Waals surface area contributed by atoms with Crippen molar-refractivity contribution in [2.75, 3.05) is 6.54 Å². The first-order chi connectivity index (χ1) is 11.8. The van der Waals surface area contributed by atoms with Gasteiger partial charge in [-0.1, -0.05) is 31.2 Å². The van der Waals surface area contributed by atoms with E-state index in [1.165, 1.54) is 17.5 Å². The number of hydrogen-bond acceptors (Lipinski definition) is 2. The van der Waals surface area contributed by atoms with Crippen molar-refractivity contribution in [3.05, 3.63) is 52.8 Å². The second-order valence-corrected chi connectivity index (χ2v) is 7.01. The summed E-state index contributed by atoms with van der Waals surface area (Å²) in [5.74, 6) is 0.179. The van der Waals surface area contributed by atoms with Crippen LogP contribution in [-0.2, 0) is 25.8 Å². The fourth-order valence-electron chi connectivity index (χ4n) is 4.20. The number of aromatic nitrogens is 2. The Kier molecular flexibility index (Phi) is 4.13. The van der Waals surface area contributed by atoms with E-state index in [4.69, 9.17) is 0 Å². The molecule has 1 amide bonds. The summed E-state index contributed by atoms with van der Waals surface area (Å²) in [6.45, 7) is 3.92. The SMILES string of the molecule is CCCN(C(=O)c1cnn2c1CCCC2)C1Cc2ccccc2C1. The third-order valence-corrected chi connectivity index (χ3v) is 5.41. The zero-order valence-corrected chi connectivity index (χ0v) is 14.4. The van der Waals surface area contributed by atoms with Gasteiger partial charge in [-0.3, -0.25) is 9.48 Å². The maximum absolute atomic E-state index is 13.3. The molecule has 126 valence electrons. The Morgan fingerprint density at radius 3 is 2.71 bits per heavy atom. The third kappa shape index (κ3) is 2.64. The molecule has 2 heterocycles. The van der Waals surface area contributed by atoms with Gasteiger partial charge >= 0.3 is 0 Å². The lowest BCUT2D eigenvalue weighted by molar-refractivity contribution is 0.0683. The van der Waals surface area contributed by atoms with Crippen LogP contribution < -0.4 is 0 Å². The van der Waals surface area contributed by atoms with Crippen molar-refractivity contribution in [2.45, 2.75) is 58.0 Å². The summed E-state index contributed by atoms with van der Waals surface area (Å²) in [6, 6.07) is 8.88. The summed E-state index contributed by atoms with van der Waals surface area (Å²) >= 11 is 0. The molecule has 1 aliphatic carbocycles. The molecule has 0 N–H and O–H groups in total. The number of carbonyl (C=O) groups excluding carboxylic acids is 1. The first-order valence-electron chi connectivity index (χ1n) is 9.20. The van der Waals surface area contributed by atoms with E-state index in [1.807, 2.05) is 4.68 Å². The Bertz CT molecular complexity index is 724. The van der Waals surface area contributed by atoms with Crippen LogP contribution >= 0.6 is 0 Å². The lowest BCUT2D eigenvalue weighted by atomic mass is 10.0. The van der Waals surface area contributed by atoms with Crippen molar-refractivity contribution in [3.63, 3.8) is 0 Å². The van der Waals surface area contributed by atoms with Crippen LogP contribution in [0, 0.1) is 0 Å². The van der Waals surface area contributed by atoms with E-state index in [1.54, 1.807) is 6.20 Å². The molecule has 0 fully saturated rings. The second-order valence-electron chi connectivity index (χ2n) is 7.01. The molecule has 0 bridgehead atoms. The molecule has 4 heteroatoms. The Hall–Kier alpha value is -2.10. The highest BCUT2D eigenvalue weighted by Gasteiger charge is 2.32. The zero-order valence-electron chi connectivity index (χ0n) is 14.4. The molecule has 4 rings (SSSR count). The Labute approximate surface area is 143 Å². The second kappa shape index (κ2) is 6.42. The average Bonchev–Trinajstić information content (AvgIpc) is 3.22. The van der Waals surface area contributed by atoms with Gasteiger partial charge in [-0.15, -0.1) is 0 Å². The average molecular weight is 323 g/mol. The monoisotopic (exact) mass is 323 g/mol. The van der Waals surface area contributed by atoms with Gasteiger partial charge in [-0.05, 0) is 49.7 Å². The van der Waals surface area contributed by atoms with Gasteiger partial charge in [0, 0.05) is 19.1 Å². The number of fused-ring (bicyclic) bond motifs is 2. The molecule has 0 spiro atoms. The predicted molar refractivity (Wildman–Crippen MR) is 94.1 cm³/mol. The van der Waals surface area contributed by atoms with E-state index in [0.717, 1.165) is 56.5 Å². The molecule has 0 unspecified atom stereocenters. The van der Waals surface area contributed by atoms with Crippen molar-refractivity contribution in [2.24, 2.45) is 0 Å². The highest BCUT2D eigenvalue weighted by Crippen LogP contribution is 2.28. The molecule has 1 aromatic heterocycles. The minimum absolute atomic E-state index is 0.179. The van der Waals surface area contributed by atoms with Crippen LogP contribution in [-0.4, -0.2) is 33.2 Å². The number of hydrogen-bond donors (Lipinski definition) is 0. The van der Waals surface area contributed by atoms with Crippen molar-refractivity contribution in [3.8, 4) is 0 Å². The van der Waals surface area contributed by atoms with Crippen molar-refractivity contribution >= 4 is 5.91 Å². The molecular weight excluding hydrogens is 298 g/mol. The molecule has 1 aliphatic heterocycles. The smallest absolute Gasteiger partial charge is 0.257 e. The molecular formula is C20H25N3O. The van der Waals surface area contributed by atoms with Crippen LogP contribution in [0.1, 0.15) is 53.4 Å². The van der Waals surface area contributed by atoms with E-state index in [-0.39, 0.29) is 11.9 Å². The topological polar surface area (TPSA) is 38.1 Å². The van der Waals surface area contributed by atoms with Crippen LogP contribution in [0.5, 0.6) is 0 Å². The minimum Gasteiger partial charge on any atom is -0.335 e. The van der Waals surface area contributed by atoms with Gasteiger partial charge in [0.05, 0.1) is 17.5 Å². The number of amides is 1. The van der Waals surface area contributed by atoms with Gasteiger partial charge in [0.15, 0.2) is 0 Å². The maximum Gasteiger partial charge on any atom is 0.257 e. The largest absolute Gasteiger partial charge is 0.335 e. The summed E-state index contributed by atoms with van der Waals surface area (Å²) in [5.41, 5.74) is 4.77. The summed E-state index contributed by atoms with van der Waals surface area (Å²) in [4.78, 5) is 15.4. The van der Waals surface area contributed by atoms with Gasteiger partial charge < -0.3 is 4.90 Å². The first-order valence-corrected chi connectivity index (χ1v) is 9.20. The maximum atomic E-state index is 13.3. The molecule has 2 aromatic rings. The lowest BCUT2D eigenvalue weighted by Gasteiger charge is -2.29. The highest BCUT2D eigenvalue weighted by molar-refractivity contribution is 5.95. The van der Waals surface area contributed by atoms with Crippen molar-refractivity contribution in [1.29, 1.82) is 0 Å². The number of benzene rings is 1. The van der Waals surface area contributed by atoms with Crippen molar-refractivity contribution < 1.29 is 4.79 Å². The van der Waals surface area contributed by atoms with Gasteiger partial charge in [0.2, 0.25) is 0 Å². The van der Waals surface area contributed by atoms with E-state index in [0.29, 0.717) is 0 Å². The molecule has 0 saturated carbocycles. The van der Waals surface area contributed by atoms with Crippen LogP contribution in [0.3, 0.4) is 0 Å². The fraction of sp³-hybridized carbons (Fsp3) is 0.500. The van der Waals surface area contributed by atoms with E-state index >= 15 is 0 Å². The summed E-state index contributed by atoms with van der Waals surface area (Å²) in [6.07, 6.45) is 8.05. The van der Waals surface area contributed by atoms with Gasteiger partial charge in [-0.2, -0.15) is 5.10 Å². The number of aryl methyl sites for hydroxylation is 1. The van der Waals surface area contributed by atoms with E-state index in [2.05, 4.69) is 41.2 Å². The van der Waals surface area contributed by atoms with E-state index < -0.39 is 0 Å². The van der Waals surface area contributed by atoms with Crippen LogP contribution in [0.15, 0.2) is 30.5 Å². The van der Waals surface area contributed by atoms with Gasteiger partial charge in [0.25, 0.3) is 5.91 Å². The molecule has 2 aliphatic rings. The van der Waals surface area contributed by atoms with Crippen LogP contribution in [0.25, 0.3) is 0 Å². The van der Waals surface area contributed by atoms with Crippen molar-refractivity contribution in [1.82, 2.24) is 14.7 Å². The Morgan fingerprint density at radius 2 is 2.00 bits per heavy atom. The normalized spacial score (nSPS) is 16.7. The zero-order chi connectivity index (χ0) is 16.5. The molecule has 0 atom stereocenters. The first kappa shape index (κ1) is 15.4. The summed E-state index contributed by atoms with van der Waals surface area (Å²) < 4.78 is 2.03. The molecule has 24 heavy (non-hydrogen) atoms. The molecule has 1 aromatic carbocycles. The summed E-state index contributed by atoms with van der Waals surface area (Å²) in [7, 11) is 0. The van der Waals surface area contributed by atoms with Crippen LogP contribution in [0.4, 0.5) is 0 Å². The molecule has 4 nitrogen and oxygen atoms in total. The Balaban J connectivity index is 1.60. The molecule has 0 radical (unpaired) electrons. The quantitative estimate of drug-likeness (QED) is 0.866. The number of rotatable bonds is 4. The fourth-order valence-corrected chi connectivity index (χ4v) is 4.20. The highest BCUT2D eigenvalue weighted by atomic mass is 16.2. The summed E-state index contributed by atoms with van der Waals surface area (Å²) in [5, 5.41) is 4.46. The predicted octanol–water partition coefficient (Wildman–Crippen LogP) is 3.24. The third-order valence-electron chi connectivity index (χ3n) is 5.41. The number of nitrogens with zero attached hydrogens (tertiary/aromatic N) is 3. The van der Waals surface area contributed by atoms with Gasteiger partial charge in [-0.25, -0.2) is 0 Å². The van der Waals surface area contributed by atoms with Crippen LogP contribution in [0.2, 0.25) is 0 Å². The molecule has 0 saturated heterocycles. The lowest BCUT2D eigenvalue weighted by Crippen LogP contribution is -2.41. The minimum atomic E-state index is 0.179. The standard InChI is InChI=1S/C20H25N3O/c1-2-10-22(17-12-15-7-3-4-8-16(15)13-17)20(24)18-14-21-23-11-6-5-9-19(18)23/h3-4,7-8,14,17H,2,5-6,9-13H2,1H3. The van der Waals surface area contributed by atoms with Gasteiger partial charge in [0.1, 0.15) is 0 Å².